The van der Waals surface area contributed by atoms with E-state index in [1.165, 1.54) is 71.5 Å². The van der Waals surface area contributed by atoms with Crippen molar-refractivity contribution in [2.24, 2.45) is 0 Å². The number of allylic oxidation sites excluding steroid dienone is 5. The quantitative estimate of drug-likeness (QED) is 0.180. The fourth-order valence-electron chi connectivity index (χ4n) is 9.31. The molecule has 0 fully saturated rings. The molecule has 52 heavy (non-hydrogen) atoms. The van der Waals surface area contributed by atoms with Crippen molar-refractivity contribution < 1.29 is 4.42 Å². The maximum Gasteiger partial charge on any atom is 0.144 e. The van der Waals surface area contributed by atoms with E-state index in [1.54, 1.807) is 0 Å². The third-order valence-electron chi connectivity index (χ3n) is 11.6. The van der Waals surface area contributed by atoms with Gasteiger partial charge in [0, 0.05) is 32.8 Å². The zero-order chi connectivity index (χ0) is 34.7. The van der Waals surface area contributed by atoms with Crippen LogP contribution < -0.4 is 0 Å². The first-order valence-electron chi connectivity index (χ1n) is 18.2. The lowest BCUT2D eigenvalue weighted by Crippen LogP contribution is -2.20. The lowest BCUT2D eigenvalue weighted by atomic mass is 9.76. The smallest absolute Gasteiger partial charge is 0.144 e. The molecule has 9 aromatic rings. The molecule has 0 amide bonds. The highest BCUT2D eigenvalue weighted by molar-refractivity contribution is 6.30. The van der Waals surface area contributed by atoms with Crippen LogP contribution in [-0.4, -0.2) is 4.57 Å². The lowest BCUT2D eigenvalue weighted by Gasteiger charge is -2.29. The van der Waals surface area contributed by atoms with Gasteiger partial charge in [0.1, 0.15) is 11.2 Å². The van der Waals surface area contributed by atoms with Crippen LogP contribution >= 0.6 is 0 Å². The van der Waals surface area contributed by atoms with E-state index in [-0.39, 0.29) is 5.41 Å². The van der Waals surface area contributed by atoms with E-state index >= 15 is 0 Å². The molecular formula is C50H35NO. The summed E-state index contributed by atoms with van der Waals surface area (Å²) in [6.07, 6.45) is 9.56. The number of fused-ring (bicyclic) bond motifs is 13. The van der Waals surface area contributed by atoms with Crippen LogP contribution in [0.2, 0.25) is 0 Å². The Bertz CT molecular complexity index is 3040. The summed E-state index contributed by atoms with van der Waals surface area (Å²) in [5.74, 6) is 0. The number of hydrogen-bond donors (Lipinski definition) is 0. The van der Waals surface area contributed by atoms with Gasteiger partial charge < -0.3 is 8.98 Å². The van der Waals surface area contributed by atoms with Gasteiger partial charge in [-0.25, -0.2) is 0 Å². The van der Waals surface area contributed by atoms with E-state index in [1.807, 2.05) is 0 Å². The fraction of sp³-hybridized carbons (Fsp3) is 0.0800. The highest BCUT2D eigenvalue weighted by atomic mass is 16.3. The van der Waals surface area contributed by atoms with Crippen LogP contribution in [0.3, 0.4) is 0 Å². The summed E-state index contributed by atoms with van der Waals surface area (Å²) in [7, 11) is 0. The molecule has 7 aromatic carbocycles. The van der Waals surface area contributed by atoms with Crippen LogP contribution in [-0.2, 0) is 5.41 Å². The van der Waals surface area contributed by atoms with Crippen molar-refractivity contribution in [3.05, 3.63) is 169 Å². The largest absolute Gasteiger partial charge is 0.455 e. The molecule has 0 spiro atoms. The molecule has 2 aliphatic rings. The minimum atomic E-state index is -0.222. The summed E-state index contributed by atoms with van der Waals surface area (Å²) in [4.78, 5) is 0. The summed E-state index contributed by atoms with van der Waals surface area (Å²) >= 11 is 0. The average Bonchev–Trinajstić information content (AvgIpc) is 3.84. The maximum atomic E-state index is 6.84. The molecule has 0 N–H and O–H groups in total. The van der Waals surface area contributed by atoms with Crippen molar-refractivity contribution in [3.8, 4) is 39.1 Å². The molecule has 0 bridgehead atoms. The average molecular weight is 666 g/mol. The summed E-state index contributed by atoms with van der Waals surface area (Å²) in [6, 6.07) is 46.7. The molecule has 0 saturated heterocycles. The normalized spacial score (nSPS) is 15.9. The molecule has 2 nitrogen and oxygen atoms in total. The van der Waals surface area contributed by atoms with Gasteiger partial charge in [-0.1, -0.05) is 148 Å². The first-order chi connectivity index (χ1) is 25.5. The molecule has 0 unspecified atom stereocenters. The van der Waals surface area contributed by atoms with Crippen molar-refractivity contribution >= 4 is 60.1 Å². The van der Waals surface area contributed by atoms with E-state index < -0.39 is 0 Å². The van der Waals surface area contributed by atoms with E-state index in [9.17, 15) is 0 Å². The molecule has 2 aromatic heterocycles. The SMILES string of the molecule is C=C1/C=C\C=C/CC(C)(C)c2c1c1oc3ccccc3c1c1c3ccccc3n(-c3ccc(-c4ccc5c6c(cccc46)-c4ccccc4-5)cc3)c21. The van der Waals surface area contributed by atoms with Gasteiger partial charge in [0.05, 0.1) is 11.0 Å². The molecule has 0 atom stereocenters. The Labute approximate surface area is 302 Å². The van der Waals surface area contributed by atoms with Crippen molar-refractivity contribution in [3.63, 3.8) is 0 Å². The van der Waals surface area contributed by atoms with Gasteiger partial charge in [-0.05, 0) is 91.4 Å². The van der Waals surface area contributed by atoms with Crippen LogP contribution in [0.5, 0.6) is 0 Å². The summed E-state index contributed by atoms with van der Waals surface area (Å²) in [6.45, 7) is 9.38. The van der Waals surface area contributed by atoms with Crippen LogP contribution in [0.1, 0.15) is 31.4 Å². The summed E-state index contributed by atoms with van der Waals surface area (Å²) < 4.78 is 9.34. The van der Waals surface area contributed by atoms with E-state index in [0.717, 1.165) is 45.2 Å². The number of benzene rings is 7. The number of hydrogen-bond acceptors (Lipinski definition) is 1. The second-order valence-electron chi connectivity index (χ2n) is 15.0. The standard InChI is InChI=1S/C50H35NO/c1-30-14-5-4-12-29-50(2,3)47-43(30)49-46(40-18-9-11-22-42(40)52-49)45-39-17-8-10-21-41(39)51(48(45)47)32-25-23-31(24-26-32)33-27-28-38-35-16-7-6-15-34(35)37-20-13-19-36(33)44(37)38/h4-28H,1,29H2,2-3H3/b12-4-,14-5-. The Morgan fingerprint density at radius 1 is 0.596 bits per heavy atom. The van der Waals surface area contributed by atoms with Gasteiger partial charge in [-0.3, -0.25) is 0 Å². The molecule has 0 saturated carbocycles. The van der Waals surface area contributed by atoms with Gasteiger partial charge >= 0.3 is 0 Å². The van der Waals surface area contributed by atoms with Gasteiger partial charge in [0.25, 0.3) is 0 Å². The number of aromatic nitrogens is 1. The van der Waals surface area contributed by atoms with Gasteiger partial charge in [0.15, 0.2) is 0 Å². The van der Waals surface area contributed by atoms with Crippen LogP contribution in [0, 0.1) is 0 Å². The van der Waals surface area contributed by atoms with Crippen molar-refractivity contribution in [2.75, 3.05) is 0 Å². The van der Waals surface area contributed by atoms with Crippen LogP contribution in [0.15, 0.2) is 163 Å². The molecule has 2 heterocycles. The molecule has 2 aliphatic carbocycles. The Balaban J connectivity index is 1.21. The monoisotopic (exact) mass is 665 g/mol. The zero-order valence-corrected chi connectivity index (χ0v) is 29.2. The Morgan fingerprint density at radius 2 is 1.27 bits per heavy atom. The second-order valence-corrected chi connectivity index (χ2v) is 15.0. The number of rotatable bonds is 2. The highest BCUT2D eigenvalue weighted by Crippen LogP contribution is 2.52. The fourth-order valence-corrected chi connectivity index (χ4v) is 9.31. The van der Waals surface area contributed by atoms with Gasteiger partial charge in [-0.2, -0.15) is 0 Å². The zero-order valence-electron chi connectivity index (χ0n) is 29.2. The topological polar surface area (TPSA) is 18.1 Å². The Morgan fingerprint density at radius 3 is 2.10 bits per heavy atom. The number of furan rings is 1. The molecular weight excluding hydrogens is 631 g/mol. The maximum absolute atomic E-state index is 6.84. The third kappa shape index (κ3) is 3.90. The molecule has 0 radical (unpaired) electrons. The van der Waals surface area contributed by atoms with Crippen molar-refractivity contribution in [2.45, 2.75) is 25.7 Å². The number of para-hydroxylation sites is 2. The first kappa shape index (κ1) is 29.4. The molecule has 0 aliphatic heterocycles. The van der Waals surface area contributed by atoms with Crippen LogP contribution in [0.25, 0.3) is 99.2 Å². The van der Waals surface area contributed by atoms with Crippen LogP contribution in [0.4, 0.5) is 0 Å². The summed E-state index contributed by atoms with van der Waals surface area (Å²) in [5.41, 5.74) is 16.2. The summed E-state index contributed by atoms with van der Waals surface area (Å²) in [5, 5.41) is 7.39. The molecule has 2 heteroatoms. The molecule has 246 valence electrons. The second kappa shape index (κ2) is 10.6. The predicted octanol–water partition coefficient (Wildman–Crippen LogP) is 14.0. The lowest BCUT2D eigenvalue weighted by molar-refractivity contribution is 0.535. The van der Waals surface area contributed by atoms with Crippen molar-refractivity contribution in [1.29, 1.82) is 0 Å². The van der Waals surface area contributed by atoms with Gasteiger partial charge in [-0.15, -0.1) is 0 Å². The minimum absolute atomic E-state index is 0.222. The van der Waals surface area contributed by atoms with Gasteiger partial charge in [0.2, 0.25) is 0 Å². The third-order valence-corrected chi connectivity index (χ3v) is 11.6. The minimum Gasteiger partial charge on any atom is -0.455 e. The Hall–Kier alpha value is -6.38. The predicted molar refractivity (Wildman–Crippen MR) is 220 cm³/mol. The van der Waals surface area contributed by atoms with E-state index in [0.29, 0.717) is 0 Å². The van der Waals surface area contributed by atoms with E-state index in [4.69, 9.17) is 4.42 Å². The number of nitrogens with zero attached hydrogens (tertiary/aromatic N) is 1. The van der Waals surface area contributed by atoms with E-state index in [2.05, 4.69) is 177 Å². The first-order valence-corrected chi connectivity index (χ1v) is 18.2. The van der Waals surface area contributed by atoms with Crippen molar-refractivity contribution in [1.82, 2.24) is 4.57 Å². The Kier molecular flexibility index (Phi) is 5.97. The molecule has 11 rings (SSSR count). The highest BCUT2D eigenvalue weighted by Gasteiger charge is 2.34.